The first-order chi connectivity index (χ1) is 10.4. The van der Waals surface area contributed by atoms with Crippen LogP contribution >= 0.6 is 15.9 Å². The molecule has 0 N–H and O–H groups in total. The second kappa shape index (κ2) is 5.88. The zero-order chi connectivity index (χ0) is 15.7. The highest BCUT2D eigenvalue weighted by molar-refractivity contribution is 9.10. The van der Waals surface area contributed by atoms with Crippen LogP contribution in [0.2, 0.25) is 0 Å². The maximum absolute atomic E-state index is 13.1. The number of rotatable bonds is 2. The molecule has 0 fully saturated rings. The normalized spacial score (nSPS) is 18.4. The van der Waals surface area contributed by atoms with Gasteiger partial charge in [0.05, 0.1) is 11.6 Å². The molecule has 0 spiro atoms. The van der Waals surface area contributed by atoms with Gasteiger partial charge in [0.25, 0.3) is 0 Å². The molecule has 1 heterocycles. The van der Waals surface area contributed by atoms with Crippen LogP contribution in [0.15, 0.2) is 58.0 Å². The fourth-order valence-electron chi connectivity index (χ4n) is 2.70. The largest absolute Gasteiger partial charge is 0.417 e. The van der Waals surface area contributed by atoms with Crippen molar-refractivity contribution in [3.8, 4) is 0 Å². The molecule has 5 heteroatoms. The molecule has 0 amide bonds. The molecule has 1 aliphatic heterocycles. The minimum atomic E-state index is -4.35. The number of nitrogens with zero attached hydrogens (tertiary/aromatic N) is 1. The molecule has 0 aromatic heterocycles. The third-order valence-electron chi connectivity index (χ3n) is 3.76. The summed E-state index contributed by atoms with van der Waals surface area (Å²) in [5.74, 6) is 0. The molecule has 1 nitrogen and oxygen atoms in total. The van der Waals surface area contributed by atoms with E-state index in [-0.39, 0.29) is 11.6 Å². The summed E-state index contributed by atoms with van der Waals surface area (Å²) in [4.78, 5) is 4.53. The van der Waals surface area contributed by atoms with Crippen molar-refractivity contribution in [3.63, 3.8) is 0 Å². The number of alkyl halides is 3. The maximum Gasteiger partial charge on any atom is 0.417 e. The predicted octanol–water partition coefficient (Wildman–Crippen LogP) is 5.79. The Morgan fingerprint density at radius 1 is 1.00 bits per heavy atom. The summed E-state index contributed by atoms with van der Waals surface area (Å²) in [6, 6.07) is 13.3. The van der Waals surface area contributed by atoms with Crippen molar-refractivity contribution in [1.82, 2.24) is 0 Å². The summed E-state index contributed by atoms with van der Waals surface area (Å²) in [6.45, 7) is 0. The van der Waals surface area contributed by atoms with Crippen molar-refractivity contribution in [1.29, 1.82) is 0 Å². The van der Waals surface area contributed by atoms with Gasteiger partial charge in [-0.2, -0.15) is 13.2 Å². The zero-order valence-corrected chi connectivity index (χ0v) is 13.2. The topological polar surface area (TPSA) is 12.4 Å². The Hall–Kier alpha value is -1.62. The highest BCUT2D eigenvalue weighted by Gasteiger charge is 2.35. The molecule has 2 aromatic rings. The smallest absolute Gasteiger partial charge is 0.281 e. The van der Waals surface area contributed by atoms with Crippen molar-refractivity contribution in [3.05, 3.63) is 69.7 Å². The van der Waals surface area contributed by atoms with E-state index in [4.69, 9.17) is 0 Å². The summed E-state index contributed by atoms with van der Waals surface area (Å²) >= 11 is 3.37. The number of benzene rings is 2. The molecule has 22 heavy (non-hydrogen) atoms. The van der Waals surface area contributed by atoms with Crippen LogP contribution in [0.1, 0.15) is 35.6 Å². The predicted molar refractivity (Wildman–Crippen MR) is 84.1 cm³/mol. The molecule has 2 aromatic carbocycles. The molecule has 0 aliphatic carbocycles. The van der Waals surface area contributed by atoms with Gasteiger partial charge in [-0.3, -0.25) is 4.99 Å². The Morgan fingerprint density at radius 3 is 2.36 bits per heavy atom. The zero-order valence-electron chi connectivity index (χ0n) is 11.6. The Bertz CT molecular complexity index is 705. The van der Waals surface area contributed by atoms with Gasteiger partial charge in [-0.25, -0.2) is 0 Å². The molecular formula is C17H13BrF3N. The van der Waals surface area contributed by atoms with Gasteiger partial charge in [0.1, 0.15) is 0 Å². The standard InChI is InChI=1S/C17H13BrF3N/c18-12-7-5-11(6-8-12)15-9-10-16(22-15)13-3-1-2-4-14(13)17(19,20)21/h1-8,15H,9-10H2. The molecule has 1 unspecified atom stereocenters. The van der Waals surface area contributed by atoms with Crippen molar-refractivity contribution >= 4 is 21.6 Å². The average Bonchev–Trinajstić information content (AvgIpc) is 2.97. The monoisotopic (exact) mass is 367 g/mol. The summed E-state index contributed by atoms with van der Waals surface area (Å²) in [5.41, 5.74) is 1.17. The van der Waals surface area contributed by atoms with Crippen LogP contribution in [0.3, 0.4) is 0 Å². The van der Waals surface area contributed by atoms with Crippen LogP contribution in [0.25, 0.3) is 0 Å². The number of hydrogen-bond acceptors (Lipinski definition) is 1. The second-order valence-electron chi connectivity index (χ2n) is 5.23. The second-order valence-corrected chi connectivity index (χ2v) is 6.14. The van der Waals surface area contributed by atoms with Gasteiger partial charge in [0, 0.05) is 15.7 Å². The van der Waals surface area contributed by atoms with Crippen molar-refractivity contribution < 1.29 is 13.2 Å². The van der Waals surface area contributed by atoms with Gasteiger partial charge in [0.2, 0.25) is 0 Å². The summed E-state index contributed by atoms with van der Waals surface area (Å²) in [7, 11) is 0. The number of halogens is 4. The quantitative estimate of drug-likeness (QED) is 0.636. The van der Waals surface area contributed by atoms with Crippen LogP contribution in [-0.2, 0) is 6.18 Å². The third kappa shape index (κ3) is 3.09. The highest BCUT2D eigenvalue weighted by Crippen LogP contribution is 2.36. The number of hydrogen-bond donors (Lipinski definition) is 0. The van der Waals surface area contributed by atoms with Crippen LogP contribution in [0.5, 0.6) is 0 Å². The molecular weight excluding hydrogens is 355 g/mol. The average molecular weight is 368 g/mol. The highest BCUT2D eigenvalue weighted by atomic mass is 79.9. The lowest BCUT2D eigenvalue weighted by molar-refractivity contribution is -0.137. The molecule has 0 saturated carbocycles. The van der Waals surface area contributed by atoms with Crippen LogP contribution in [-0.4, -0.2) is 5.71 Å². The summed E-state index contributed by atoms with van der Waals surface area (Å²) in [6.07, 6.45) is -3.05. The molecule has 0 radical (unpaired) electrons. The van der Waals surface area contributed by atoms with Gasteiger partial charge >= 0.3 is 6.18 Å². The van der Waals surface area contributed by atoms with Crippen molar-refractivity contribution in [2.75, 3.05) is 0 Å². The molecule has 0 saturated heterocycles. The van der Waals surface area contributed by atoms with Crippen LogP contribution in [0.4, 0.5) is 13.2 Å². The maximum atomic E-state index is 13.1. The van der Waals surface area contributed by atoms with E-state index in [0.717, 1.165) is 22.5 Å². The third-order valence-corrected chi connectivity index (χ3v) is 4.29. The summed E-state index contributed by atoms with van der Waals surface area (Å²) < 4.78 is 40.3. The van der Waals surface area contributed by atoms with Crippen molar-refractivity contribution in [2.45, 2.75) is 25.1 Å². The lowest BCUT2D eigenvalue weighted by atomic mass is 9.99. The van der Waals surface area contributed by atoms with E-state index in [1.54, 1.807) is 6.07 Å². The van der Waals surface area contributed by atoms with Crippen LogP contribution in [0, 0.1) is 0 Å². The number of aliphatic imine (C=N–C) groups is 1. The fraction of sp³-hybridized carbons (Fsp3) is 0.235. The molecule has 0 bridgehead atoms. The van der Waals surface area contributed by atoms with Crippen molar-refractivity contribution in [2.24, 2.45) is 4.99 Å². The Labute approximate surface area is 135 Å². The van der Waals surface area contributed by atoms with E-state index < -0.39 is 11.7 Å². The van der Waals surface area contributed by atoms with E-state index in [9.17, 15) is 13.2 Å². The Morgan fingerprint density at radius 2 is 1.68 bits per heavy atom. The van der Waals surface area contributed by atoms with Gasteiger partial charge in [-0.05, 0) is 36.6 Å². The van der Waals surface area contributed by atoms with E-state index in [2.05, 4.69) is 20.9 Å². The Balaban J connectivity index is 1.94. The lowest BCUT2D eigenvalue weighted by Crippen LogP contribution is -2.12. The van der Waals surface area contributed by atoms with E-state index in [1.165, 1.54) is 12.1 Å². The molecule has 3 rings (SSSR count). The van der Waals surface area contributed by atoms with E-state index in [1.807, 2.05) is 24.3 Å². The minimum absolute atomic E-state index is 0.0654. The fourth-order valence-corrected chi connectivity index (χ4v) is 2.97. The van der Waals surface area contributed by atoms with E-state index >= 15 is 0 Å². The molecule has 1 atom stereocenters. The Kier molecular flexibility index (Phi) is 4.08. The molecule has 1 aliphatic rings. The summed E-state index contributed by atoms with van der Waals surface area (Å²) in [5, 5.41) is 0. The lowest BCUT2D eigenvalue weighted by Gasteiger charge is -2.12. The van der Waals surface area contributed by atoms with Gasteiger partial charge in [0.15, 0.2) is 0 Å². The molecule has 114 valence electrons. The van der Waals surface area contributed by atoms with Gasteiger partial charge < -0.3 is 0 Å². The van der Waals surface area contributed by atoms with Crippen LogP contribution < -0.4 is 0 Å². The van der Waals surface area contributed by atoms with E-state index in [0.29, 0.717) is 12.1 Å². The van der Waals surface area contributed by atoms with Gasteiger partial charge in [-0.1, -0.05) is 46.3 Å². The minimum Gasteiger partial charge on any atom is -0.281 e. The van der Waals surface area contributed by atoms with Gasteiger partial charge in [-0.15, -0.1) is 0 Å². The first-order valence-electron chi connectivity index (χ1n) is 6.94. The first kappa shape index (κ1) is 15.3. The first-order valence-corrected chi connectivity index (χ1v) is 7.73. The SMILES string of the molecule is FC(F)(F)c1ccccc1C1=NC(c2ccc(Br)cc2)CC1.